The lowest BCUT2D eigenvalue weighted by atomic mass is 9.99. The Balaban J connectivity index is 0. The largest absolute Gasteiger partial charge is 0.359 e. The maximum atomic E-state index is 11.5. The average molecular weight is 793 g/mol. The maximum Gasteiger partial charge on any atom is 0.325 e. The van der Waals surface area contributed by atoms with Gasteiger partial charge in [0.2, 0.25) is 23.6 Å². The fraction of sp³-hybridized carbons (Fsp3) is 0.421. The van der Waals surface area contributed by atoms with E-state index in [-0.39, 0.29) is 17.7 Å². The van der Waals surface area contributed by atoms with E-state index in [1.54, 1.807) is 79.5 Å². The van der Waals surface area contributed by atoms with Crippen LogP contribution >= 0.6 is 0 Å². The molecule has 0 bridgehead atoms. The van der Waals surface area contributed by atoms with Crippen LogP contribution in [0.15, 0.2) is 84.9 Å². The van der Waals surface area contributed by atoms with E-state index in [0.29, 0.717) is 11.4 Å². The van der Waals surface area contributed by atoms with E-state index in [0.717, 1.165) is 43.8 Å². The molecule has 302 valence electrons. The summed E-state index contributed by atoms with van der Waals surface area (Å²) in [5.41, 5.74) is 3.65. The van der Waals surface area contributed by atoms with Crippen molar-refractivity contribution in [1.82, 2.24) is 20.1 Å². The van der Waals surface area contributed by atoms with Crippen molar-refractivity contribution in [2.75, 3.05) is 30.2 Å². The molecule has 54 heavy (non-hydrogen) atoms. The highest BCUT2D eigenvalue weighted by molar-refractivity contribution is 7.91. The van der Waals surface area contributed by atoms with E-state index in [2.05, 4.69) is 67.3 Å². The number of carbonyl (C=O) groups excluding carboxylic acids is 4. The molecule has 4 amide bonds. The van der Waals surface area contributed by atoms with E-state index >= 15 is 0 Å². The lowest BCUT2D eigenvalue weighted by Crippen LogP contribution is -2.40. The first kappa shape index (κ1) is 51.1. The number of hydrogen-bond acceptors (Lipinski definition) is 8. The predicted octanol–water partition coefficient (Wildman–Crippen LogP) is 5.24. The second-order valence-corrected chi connectivity index (χ2v) is 14.7. The summed E-state index contributed by atoms with van der Waals surface area (Å²) in [6, 6.07) is 25.4. The fourth-order valence-corrected chi connectivity index (χ4v) is 5.68. The number of aryl methyl sites for hydroxylation is 2. The molecular formula is C38H60N6O8S2. The van der Waals surface area contributed by atoms with Crippen LogP contribution in [0.4, 0.5) is 11.4 Å². The Morgan fingerprint density at radius 3 is 1.56 bits per heavy atom. The molecule has 3 rings (SSSR count). The summed E-state index contributed by atoms with van der Waals surface area (Å²) in [6.45, 7) is 12.2. The molecule has 1 unspecified atom stereocenters. The molecule has 3 aromatic carbocycles. The van der Waals surface area contributed by atoms with Gasteiger partial charge in [-0.3, -0.25) is 28.2 Å². The van der Waals surface area contributed by atoms with Gasteiger partial charge in [-0.1, -0.05) is 99.8 Å². The SMILES string of the molecule is CC(=O)NS(=O)(=O)N(C)c1ccccc1.CC(=O)NS(=O)(=O)Nc1ccccc1.CCCCC(CC)C(=O)NC.CCc1ccc(C)cc1.CNC(C)=O. The Morgan fingerprint density at radius 2 is 1.17 bits per heavy atom. The first-order valence-corrected chi connectivity index (χ1v) is 20.3. The zero-order valence-electron chi connectivity index (χ0n) is 33.2. The van der Waals surface area contributed by atoms with Gasteiger partial charge in [-0.05, 0) is 56.0 Å². The normalized spacial score (nSPS) is 10.6. The van der Waals surface area contributed by atoms with Gasteiger partial charge in [0.1, 0.15) is 0 Å². The number of anilines is 2. The Bertz CT molecular complexity index is 1720. The van der Waals surface area contributed by atoms with Gasteiger partial charge in [0.15, 0.2) is 0 Å². The zero-order chi connectivity index (χ0) is 41.7. The molecule has 0 heterocycles. The number of nitrogens with zero attached hydrogens (tertiary/aromatic N) is 1. The molecule has 0 fully saturated rings. The van der Waals surface area contributed by atoms with Crippen LogP contribution in [0.5, 0.6) is 0 Å². The molecule has 1 atom stereocenters. The highest BCUT2D eigenvalue weighted by Gasteiger charge is 2.18. The van der Waals surface area contributed by atoms with Crippen LogP contribution in [0, 0.1) is 12.8 Å². The summed E-state index contributed by atoms with van der Waals surface area (Å²) in [5.74, 6) is -0.808. The number of carbonyl (C=O) groups is 4. The highest BCUT2D eigenvalue weighted by Crippen LogP contribution is 2.14. The Morgan fingerprint density at radius 1 is 0.685 bits per heavy atom. The third kappa shape index (κ3) is 25.9. The Labute approximate surface area is 323 Å². The zero-order valence-corrected chi connectivity index (χ0v) is 34.9. The van der Waals surface area contributed by atoms with Gasteiger partial charge in [0.25, 0.3) is 0 Å². The van der Waals surface area contributed by atoms with Crippen molar-refractivity contribution in [2.45, 2.75) is 80.6 Å². The van der Waals surface area contributed by atoms with Gasteiger partial charge < -0.3 is 10.6 Å². The minimum Gasteiger partial charge on any atom is -0.359 e. The molecule has 0 saturated heterocycles. The summed E-state index contributed by atoms with van der Waals surface area (Å²) in [6.07, 6.45) is 5.46. The number of benzene rings is 3. The van der Waals surface area contributed by atoms with Gasteiger partial charge in [-0.15, -0.1) is 0 Å². The number of amides is 4. The van der Waals surface area contributed by atoms with Crippen molar-refractivity contribution < 1.29 is 36.0 Å². The van der Waals surface area contributed by atoms with Crippen LogP contribution in [-0.2, 0) is 46.0 Å². The van der Waals surface area contributed by atoms with E-state index < -0.39 is 32.2 Å². The van der Waals surface area contributed by atoms with Crippen molar-refractivity contribution in [1.29, 1.82) is 0 Å². The Kier molecular flexibility index (Phi) is 27.0. The number of rotatable bonds is 12. The van der Waals surface area contributed by atoms with Gasteiger partial charge >= 0.3 is 20.4 Å². The molecule has 0 saturated carbocycles. The molecule has 0 aliphatic heterocycles. The molecule has 0 spiro atoms. The lowest BCUT2D eigenvalue weighted by Gasteiger charge is -2.18. The van der Waals surface area contributed by atoms with Crippen LogP contribution < -0.4 is 29.1 Å². The molecule has 16 heteroatoms. The van der Waals surface area contributed by atoms with E-state index in [9.17, 15) is 36.0 Å². The van der Waals surface area contributed by atoms with Crippen LogP contribution in [0.2, 0.25) is 0 Å². The molecule has 0 radical (unpaired) electrons. The van der Waals surface area contributed by atoms with Gasteiger partial charge in [0.05, 0.1) is 11.4 Å². The van der Waals surface area contributed by atoms with Crippen molar-refractivity contribution in [2.24, 2.45) is 5.92 Å². The van der Waals surface area contributed by atoms with Crippen molar-refractivity contribution in [3.63, 3.8) is 0 Å². The van der Waals surface area contributed by atoms with E-state index in [4.69, 9.17) is 0 Å². The summed E-state index contributed by atoms with van der Waals surface area (Å²) < 4.78 is 52.3. The standard InChI is InChI=1S/C9H12N2O3S.C9H19NO.C9H12.C8H10N2O3S.C3H7NO/c1-8(12)10-15(13,14)11(2)9-6-4-3-5-7-9;1-4-6-7-8(5-2)9(11)10-3;1-3-9-6-4-8(2)5-7-9;1-7(11)9-14(12,13)10-8-5-3-2-4-6-8;1-3(5)4-2/h3-7H,1-2H3,(H,10,12);8H,4-7H2,1-3H3,(H,10,11);4-7H,3H2,1-2H3;2-6,10H,1H3,(H,9,11);1-2H3,(H,4,5). The quantitative estimate of drug-likeness (QED) is 0.164. The number of unbranched alkanes of at least 4 members (excludes halogenated alkanes) is 1. The first-order valence-electron chi connectivity index (χ1n) is 17.4. The summed E-state index contributed by atoms with van der Waals surface area (Å²) in [7, 11) is -2.88. The second-order valence-electron chi connectivity index (χ2n) is 11.6. The number of hydrogen-bond donors (Lipinski definition) is 5. The highest BCUT2D eigenvalue weighted by atomic mass is 32.2. The van der Waals surface area contributed by atoms with E-state index in [1.807, 2.05) is 4.72 Å². The summed E-state index contributed by atoms with van der Waals surface area (Å²) in [4.78, 5) is 42.0. The third-order valence-corrected chi connectivity index (χ3v) is 9.49. The molecule has 14 nitrogen and oxygen atoms in total. The number of nitrogens with one attached hydrogen (secondary N) is 5. The smallest absolute Gasteiger partial charge is 0.325 e. The van der Waals surface area contributed by atoms with Gasteiger partial charge in [-0.25, -0.2) is 9.44 Å². The van der Waals surface area contributed by atoms with Crippen LogP contribution in [0.25, 0.3) is 0 Å². The minimum absolute atomic E-state index is 0.00463. The molecule has 0 aliphatic carbocycles. The average Bonchev–Trinajstić information content (AvgIpc) is 3.12. The molecule has 3 aromatic rings. The number of para-hydroxylation sites is 2. The van der Waals surface area contributed by atoms with Crippen molar-refractivity contribution in [3.05, 3.63) is 96.1 Å². The summed E-state index contributed by atoms with van der Waals surface area (Å²) >= 11 is 0. The molecule has 5 N–H and O–H groups in total. The lowest BCUT2D eigenvalue weighted by molar-refractivity contribution is -0.125. The minimum atomic E-state index is -3.78. The monoisotopic (exact) mass is 792 g/mol. The topological polar surface area (TPSA) is 200 Å². The van der Waals surface area contributed by atoms with Crippen molar-refractivity contribution in [3.8, 4) is 0 Å². The fourth-order valence-electron chi connectivity index (χ4n) is 3.90. The first-order chi connectivity index (χ1) is 25.3. The summed E-state index contributed by atoms with van der Waals surface area (Å²) in [5, 5.41) is 5.07. The van der Waals surface area contributed by atoms with E-state index in [1.165, 1.54) is 31.5 Å². The maximum absolute atomic E-state index is 11.5. The molecular weight excluding hydrogens is 733 g/mol. The van der Waals surface area contributed by atoms with Crippen LogP contribution in [0.3, 0.4) is 0 Å². The van der Waals surface area contributed by atoms with Crippen LogP contribution in [-0.4, -0.2) is 61.6 Å². The van der Waals surface area contributed by atoms with Gasteiger partial charge in [0, 0.05) is 47.8 Å². The van der Waals surface area contributed by atoms with Gasteiger partial charge in [-0.2, -0.15) is 16.8 Å². The Hall–Kier alpha value is -4.96. The van der Waals surface area contributed by atoms with Crippen molar-refractivity contribution >= 4 is 55.4 Å². The second kappa shape index (κ2) is 28.5. The third-order valence-electron chi connectivity index (χ3n) is 6.95. The van der Waals surface area contributed by atoms with Crippen LogP contribution in [0.1, 0.15) is 78.4 Å². The predicted molar refractivity (Wildman–Crippen MR) is 218 cm³/mol. The molecule has 0 aromatic heterocycles. The molecule has 0 aliphatic rings.